The maximum Gasteiger partial charge on any atom is 0.222 e. The van der Waals surface area contributed by atoms with Crippen molar-refractivity contribution in [3.63, 3.8) is 0 Å². The van der Waals surface area contributed by atoms with Gasteiger partial charge in [-0.15, -0.1) is 0 Å². The van der Waals surface area contributed by atoms with Gasteiger partial charge < -0.3 is 14.5 Å². The molecule has 0 bridgehead atoms. The molecule has 2 amide bonds. The Kier molecular flexibility index (Phi) is 5.83. The SMILES string of the molecule is O=C(CCc1ccsc1)N1CCC2(CCC(=O)N(C[C@@H]3CCCO3)C2)CC1. The van der Waals surface area contributed by atoms with Gasteiger partial charge in [0.2, 0.25) is 11.8 Å². The topological polar surface area (TPSA) is 49.9 Å². The van der Waals surface area contributed by atoms with Gasteiger partial charge in [0.05, 0.1) is 6.10 Å². The molecule has 0 unspecified atom stereocenters. The van der Waals surface area contributed by atoms with E-state index in [4.69, 9.17) is 4.74 Å². The van der Waals surface area contributed by atoms with Gasteiger partial charge in [-0.1, -0.05) is 0 Å². The van der Waals surface area contributed by atoms with E-state index in [9.17, 15) is 9.59 Å². The minimum absolute atomic E-state index is 0.205. The molecule has 0 aliphatic carbocycles. The van der Waals surface area contributed by atoms with Crippen molar-refractivity contribution in [1.29, 1.82) is 0 Å². The molecule has 4 heterocycles. The van der Waals surface area contributed by atoms with Crippen LogP contribution in [0.3, 0.4) is 0 Å². The zero-order valence-electron chi connectivity index (χ0n) is 16.0. The normalized spacial score (nSPS) is 25.3. The predicted molar refractivity (Wildman–Crippen MR) is 106 cm³/mol. The predicted octanol–water partition coefficient (Wildman–Crippen LogP) is 3.09. The molecule has 1 spiro atoms. The van der Waals surface area contributed by atoms with E-state index in [-0.39, 0.29) is 23.3 Å². The summed E-state index contributed by atoms with van der Waals surface area (Å²) in [5.41, 5.74) is 1.47. The number of carbonyl (C=O) groups is 2. The highest BCUT2D eigenvalue weighted by atomic mass is 32.1. The molecular formula is C21H30N2O3S. The summed E-state index contributed by atoms with van der Waals surface area (Å²) in [7, 11) is 0. The van der Waals surface area contributed by atoms with Crippen LogP contribution in [0.4, 0.5) is 0 Å². The number of ether oxygens (including phenoxy) is 1. The lowest BCUT2D eigenvalue weighted by Crippen LogP contribution is -2.53. The Morgan fingerprint density at radius 2 is 2.15 bits per heavy atom. The largest absolute Gasteiger partial charge is 0.376 e. The summed E-state index contributed by atoms with van der Waals surface area (Å²) in [4.78, 5) is 29.0. The van der Waals surface area contributed by atoms with E-state index in [1.807, 2.05) is 9.80 Å². The van der Waals surface area contributed by atoms with Gasteiger partial charge in [-0.2, -0.15) is 11.3 Å². The average Bonchev–Trinajstić information content (AvgIpc) is 3.38. The number of amides is 2. The zero-order chi connectivity index (χ0) is 18.7. The summed E-state index contributed by atoms with van der Waals surface area (Å²) in [6.45, 7) is 4.11. The molecular weight excluding hydrogens is 360 g/mol. The van der Waals surface area contributed by atoms with Gasteiger partial charge in [-0.25, -0.2) is 0 Å². The minimum Gasteiger partial charge on any atom is -0.376 e. The third-order valence-electron chi connectivity index (χ3n) is 6.58. The summed E-state index contributed by atoms with van der Waals surface area (Å²) in [6.07, 6.45) is 7.52. The molecule has 3 fully saturated rings. The van der Waals surface area contributed by atoms with Crippen molar-refractivity contribution in [2.24, 2.45) is 5.41 Å². The standard InChI is InChI=1S/C21H30N2O3S/c24-19(4-3-17-6-13-27-15-17)22-10-8-21(9-11-22)7-5-20(25)23(16-21)14-18-2-1-12-26-18/h6,13,15,18H,1-5,7-12,14,16H2/t18-/m0/s1. The first kappa shape index (κ1) is 18.9. The van der Waals surface area contributed by atoms with Gasteiger partial charge in [-0.05, 0) is 66.3 Å². The fourth-order valence-electron chi connectivity index (χ4n) is 4.79. The van der Waals surface area contributed by atoms with Crippen LogP contribution in [0.15, 0.2) is 16.8 Å². The number of carbonyl (C=O) groups excluding carboxylic acids is 2. The van der Waals surface area contributed by atoms with Crippen LogP contribution in [0.2, 0.25) is 0 Å². The van der Waals surface area contributed by atoms with E-state index in [0.717, 1.165) is 71.3 Å². The molecule has 3 saturated heterocycles. The molecule has 1 aromatic rings. The Balaban J connectivity index is 1.28. The van der Waals surface area contributed by atoms with E-state index < -0.39 is 0 Å². The molecule has 0 radical (unpaired) electrons. The van der Waals surface area contributed by atoms with Gasteiger partial charge in [-0.3, -0.25) is 9.59 Å². The third-order valence-corrected chi connectivity index (χ3v) is 7.31. The van der Waals surface area contributed by atoms with E-state index in [1.165, 1.54) is 5.56 Å². The Bertz CT molecular complexity index is 646. The summed E-state index contributed by atoms with van der Waals surface area (Å²) in [6, 6.07) is 2.10. The Hall–Kier alpha value is -1.40. The highest BCUT2D eigenvalue weighted by Gasteiger charge is 2.42. The van der Waals surface area contributed by atoms with Crippen molar-refractivity contribution in [3.8, 4) is 0 Å². The summed E-state index contributed by atoms with van der Waals surface area (Å²) in [5.74, 6) is 0.560. The molecule has 3 aliphatic rings. The molecule has 0 saturated carbocycles. The first-order chi connectivity index (χ1) is 13.1. The lowest BCUT2D eigenvalue weighted by Gasteiger charge is -2.47. The molecule has 148 valence electrons. The minimum atomic E-state index is 0.205. The fraction of sp³-hybridized carbons (Fsp3) is 0.714. The fourth-order valence-corrected chi connectivity index (χ4v) is 5.49. The molecule has 6 heteroatoms. The summed E-state index contributed by atoms with van der Waals surface area (Å²) >= 11 is 1.69. The Morgan fingerprint density at radius 1 is 1.30 bits per heavy atom. The molecule has 0 N–H and O–H groups in total. The van der Waals surface area contributed by atoms with Crippen LogP contribution in [0.25, 0.3) is 0 Å². The maximum atomic E-state index is 12.6. The monoisotopic (exact) mass is 390 g/mol. The van der Waals surface area contributed by atoms with Gasteiger partial charge in [0, 0.05) is 45.6 Å². The van der Waals surface area contributed by atoms with E-state index in [2.05, 4.69) is 16.8 Å². The number of likely N-dealkylation sites (tertiary alicyclic amines) is 2. The van der Waals surface area contributed by atoms with Crippen LogP contribution in [0.1, 0.15) is 50.5 Å². The Labute approximate surface area is 165 Å². The number of piperidine rings is 2. The molecule has 1 aromatic heterocycles. The van der Waals surface area contributed by atoms with Crippen LogP contribution in [-0.4, -0.2) is 60.5 Å². The first-order valence-corrected chi connectivity index (χ1v) is 11.3. The summed E-state index contributed by atoms with van der Waals surface area (Å²) < 4.78 is 5.74. The van der Waals surface area contributed by atoms with Crippen molar-refractivity contribution in [2.75, 3.05) is 32.8 Å². The van der Waals surface area contributed by atoms with Crippen molar-refractivity contribution >= 4 is 23.2 Å². The molecule has 4 rings (SSSR count). The molecule has 1 atom stereocenters. The number of aryl methyl sites for hydroxylation is 1. The molecule has 5 nitrogen and oxygen atoms in total. The second-order valence-corrected chi connectivity index (χ2v) is 9.20. The van der Waals surface area contributed by atoms with Gasteiger partial charge in [0.25, 0.3) is 0 Å². The van der Waals surface area contributed by atoms with Crippen molar-refractivity contribution in [2.45, 2.75) is 57.5 Å². The zero-order valence-corrected chi connectivity index (χ0v) is 16.8. The molecule has 3 aliphatic heterocycles. The number of nitrogens with zero attached hydrogens (tertiary/aromatic N) is 2. The van der Waals surface area contributed by atoms with Crippen LogP contribution >= 0.6 is 11.3 Å². The van der Waals surface area contributed by atoms with Crippen LogP contribution < -0.4 is 0 Å². The third kappa shape index (κ3) is 4.54. The second kappa shape index (κ2) is 8.31. The first-order valence-electron chi connectivity index (χ1n) is 10.3. The quantitative estimate of drug-likeness (QED) is 0.776. The highest BCUT2D eigenvalue weighted by molar-refractivity contribution is 7.07. The van der Waals surface area contributed by atoms with E-state index in [1.54, 1.807) is 11.3 Å². The van der Waals surface area contributed by atoms with Crippen molar-refractivity contribution < 1.29 is 14.3 Å². The number of hydrogen-bond acceptors (Lipinski definition) is 4. The number of hydrogen-bond donors (Lipinski definition) is 0. The summed E-state index contributed by atoms with van der Waals surface area (Å²) in [5, 5.41) is 4.19. The smallest absolute Gasteiger partial charge is 0.222 e. The second-order valence-electron chi connectivity index (χ2n) is 8.42. The lowest BCUT2D eigenvalue weighted by atomic mass is 9.72. The van der Waals surface area contributed by atoms with E-state index >= 15 is 0 Å². The van der Waals surface area contributed by atoms with Crippen LogP contribution in [0.5, 0.6) is 0 Å². The Morgan fingerprint density at radius 3 is 2.85 bits per heavy atom. The maximum absolute atomic E-state index is 12.6. The number of thiophene rings is 1. The average molecular weight is 391 g/mol. The lowest BCUT2D eigenvalue weighted by molar-refractivity contribution is -0.144. The van der Waals surface area contributed by atoms with E-state index in [0.29, 0.717) is 12.8 Å². The molecule has 0 aromatic carbocycles. The molecule has 27 heavy (non-hydrogen) atoms. The van der Waals surface area contributed by atoms with Crippen LogP contribution in [-0.2, 0) is 20.7 Å². The van der Waals surface area contributed by atoms with Gasteiger partial charge >= 0.3 is 0 Å². The van der Waals surface area contributed by atoms with Gasteiger partial charge in [0.1, 0.15) is 0 Å². The van der Waals surface area contributed by atoms with Crippen molar-refractivity contribution in [1.82, 2.24) is 9.80 Å². The number of rotatable bonds is 5. The van der Waals surface area contributed by atoms with Crippen molar-refractivity contribution in [3.05, 3.63) is 22.4 Å². The highest BCUT2D eigenvalue weighted by Crippen LogP contribution is 2.40. The van der Waals surface area contributed by atoms with Crippen LogP contribution in [0, 0.1) is 5.41 Å². The van der Waals surface area contributed by atoms with Gasteiger partial charge in [0.15, 0.2) is 0 Å².